The number of nitro groups is 1. The van der Waals surface area contributed by atoms with Crippen LogP contribution in [0.1, 0.15) is 16.9 Å². The summed E-state index contributed by atoms with van der Waals surface area (Å²) in [4.78, 5) is 26.1. The van der Waals surface area contributed by atoms with Crippen molar-refractivity contribution in [3.8, 4) is 0 Å². The monoisotopic (exact) mass is 238 g/mol. The SMILES string of the molecule is NCC1CCN(C(=O)c2ccc([N+](=O)[O-])[nH]2)C1. The van der Waals surface area contributed by atoms with Crippen LogP contribution in [-0.2, 0) is 0 Å². The maximum Gasteiger partial charge on any atom is 0.321 e. The van der Waals surface area contributed by atoms with Gasteiger partial charge in [-0.3, -0.25) is 4.79 Å². The molecule has 2 rings (SSSR count). The molecule has 1 unspecified atom stereocenters. The highest BCUT2D eigenvalue weighted by atomic mass is 16.6. The molecule has 1 atom stereocenters. The van der Waals surface area contributed by atoms with E-state index in [4.69, 9.17) is 5.73 Å². The first-order valence-electron chi connectivity index (χ1n) is 5.44. The molecule has 0 radical (unpaired) electrons. The quantitative estimate of drug-likeness (QED) is 0.585. The Kier molecular flexibility index (Phi) is 3.10. The average Bonchev–Trinajstić information content (AvgIpc) is 2.97. The van der Waals surface area contributed by atoms with Gasteiger partial charge in [-0.05, 0) is 29.9 Å². The third-order valence-corrected chi connectivity index (χ3v) is 3.00. The summed E-state index contributed by atoms with van der Waals surface area (Å²) in [6.45, 7) is 1.85. The van der Waals surface area contributed by atoms with Crippen LogP contribution in [0.3, 0.4) is 0 Å². The molecule has 1 aliphatic rings. The largest absolute Gasteiger partial charge is 0.358 e. The maximum atomic E-state index is 12.0. The average molecular weight is 238 g/mol. The molecule has 1 aliphatic heterocycles. The van der Waals surface area contributed by atoms with Crippen LogP contribution in [0.25, 0.3) is 0 Å². The topological polar surface area (TPSA) is 105 Å². The van der Waals surface area contributed by atoms with E-state index in [-0.39, 0.29) is 17.4 Å². The zero-order valence-corrected chi connectivity index (χ0v) is 9.26. The van der Waals surface area contributed by atoms with E-state index >= 15 is 0 Å². The Labute approximate surface area is 97.7 Å². The number of likely N-dealkylation sites (tertiary alicyclic amines) is 1. The van der Waals surface area contributed by atoms with Crippen LogP contribution in [0.15, 0.2) is 12.1 Å². The van der Waals surface area contributed by atoms with Crippen molar-refractivity contribution in [1.82, 2.24) is 9.88 Å². The smallest absolute Gasteiger partial charge is 0.321 e. The second-order valence-corrected chi connectivity index (χ2v) is 4.16. The molecule has 0 spiro atoms. The Hall–Kier alpha value is -1.89. The summed E-state index contributed by atoms with van der Waals surface area (Å²) < 4.78 is 0. The number of nitrogens with one attached hydrogen (secondary N) is 1. The minimum absolute atomic E-state index is 0.164. The first-order chi connectivity index (χ1) is 8.11. The Morgan fingerprint density at radius 2 is 2.41 bits per heavy atom. The molecule has 17 heavy (non-hydrogen) atoms. The van der Waals surface area contributed by atoms with Crippen molar-refractivity contribution >= 4 is 11.7 Å². The van der Waals surface area contributed by atoms with Crippen molar-refractivity contribution in [3.05, 3.63) is 27.9 Å². The van der Waals surface area contributed by atoms with Gasteiger partial charge in [0.05, 0.1) is 0 Å². The van der Waals surface area contributed by atoms with Crippen molar-refractivity contribution < 1.29 is 9.72 Å². The molecule has 2 heterocycles. The fraction of sp³-hybridized carbons (Fsp3) is 0.500. The van der Waals surface area contributed by atoms with Gasteiger partial charge in [0.15, 0.2) is 5.69 Å². The van der Waals surface area contributed by atoms with Gasteiger partial charge in [-0.1, -0.05) is 0 Å². The summed E-state index contributed by atoms with van der Waals surface area (Å²) in [5, 5.41) is 10.5. The lowest BCUT2D eigenvalue weighted by Gasteiger charge is -2.13. The van der Waals surface area contributed by atoms with E-state index in [2.05, 4.69) is 4.98 Å². The number of rotatable bonds is 3. The molecule has 1 aromatic heterocycles. The summed E-state index contributed by atoms with van der Waals surface area (Å²) in [6.07, 6.45) is 0.894. The fourth-order valence-corrected chi connectivity index (χ4v) is 1.99. The molecule has 0 bridgehead atoms. The summed E-state index contributed by atoms with van der Waals surface area (Å²) in [7, 11) is 0. The minimum Gasteiger partial charge on any atom is -0.358 e. The van der Waals surface area contributed by atoms with Crippen molar-refractivity contribution in [2.24, 2.45) is 11.7 Å². The van der Waals surface area contributed by atoms with Crippen LogP contribution in [0.4, 0.5) is 5.82 Å². The highest BCUT2D eigenvalue weighted by molar-refractivity contribution is 5.93. The Morgan fingerprint density at radius 1 is 1.65 bits per heavy atom. The van der Waals surface area contributed by atoms with Crippen molar-refractivity contribution in [1.29, 1.82) is 0 Å². The number of nitrogens with two attached hydrogens (primary N) is 1. The van der Waals surface area contributed by atoms with E-state index in [0.29, 0.717) is 25.6 Å². The number of carbonyl (C=O) groups is 1. The molecule has 1 fully saturated rings. The lowest BCUT2D eigenvalue weighted by molar-refractivity contribution is -0.389. The molecule has 0 aliphatic carbocycles. The Bertz CT molecular complexity index is 443. The molecule has 0 aromatic carbocycles. The van der Waals surface area contributed by atoms with Crippen LogP contribution in [0.5, 0.6) is 0 Å². The lowest BCUT2D eigenvalue weighted by Crippen LogP contribution is -2.30. The summed E-state index contributed by atoms with van der Waals surface area (Å²) >= 11 is 0. The van der Waals surface area contributed by atoms with Gasteiger partial charge in [0.25, 0.3) is 5.91 Å². The van der Waals surface area contributed by atoms with Gasteiger partial charge in [0, 0.05) is 19.2 Å². The second kappa shape index (κ2) is 4.54. The molecule has 7 nitrogen and oxygen atoms in total. The number of H-pyrrole nitrogens is 1. The van der Waals surface area contributed by atoms with Crippen molar-refractivity contribution in [2.75, 3.05) is 19.6 Å². The lowest BCUT2D eigenvalue weighted by atomic mass is 10.1. The van der Waals surface area contributed by atoms with E-state index in [1.54, 1.807) is 4.90 Å². The van der Waals surface area contributed by atoms with E-state index in [0.717, 1.165) is 6.42 Å². The molecular weight excluding hydrogens is 224 g/mol. The maximum absolute atomic E-state index is 12.0. The van der Waals surface area contributed by atoms with Gasteiger partial charge in [0.1, 0.15) is 0 Å². The molecule has 3 N–H and O–H groups in total. The third-order valence-electron chi connectivity index (χ3n) is 3.00. The van der Waals surface area contributed by atoms with Gasteiger partial charge in [-0.15, -0.1) is 0 Å². The van der Waals surface area contributed by atoms with Crippen molar-refractivity contribution in [2.45, 2.75) is 6.42 Å². The summed E-state index contributed by atoms with van der Waals surface area (Å²) in [5.74, 6) is -0.0270. The number of amides is 1. The zero-order chi connectivity index (χ0) is 12.4. The third kappa shape index (κ3) is 2.28. The van der Waals surface area contributed by atoms with Gasteiger partial charge in [0.2, 0.25) is 0 Å². The first kappa shape index (κ1) is 11.6. The number of hydrogen-bond donors (Lipinski definition) is 2. The molecule has 1 saturated heterocycles. The molecule has 1 amide bonds. The van der Waals surface area contributed by atoms with Crippen LogP contribution in [-0.4, -0.2) is 40.3 Å². The van der Waals surface area contributed by atoms with Gasteiger partial charge < -0.3 is 20.7 Å². The molecule has 7 heteroatoms. The van der Waals surface area contributed by atoms with E-state index < -0.39 is 4.92 Å². The summed E-state index contributed by atoms with van der Waals surface area (Å²) in [5.41, 5.74) is 5.80. The van der Waals surface area contributed by atoms with Crippen LogP contribution in [0, 0.1) is 16.0 Å². The van der Waals surface area contributed by atoms with Crippen molar-refractivity contribution in [3.63, 3.8) is 0 Å². The van der Waals surface area contributed by atoms with Crippen LogP contribution < -0.4 is 5.73 Å². The predicted octanol–water partition coefficient (Wildman–Crippen LogP) is 0.344. The number of aromatic nitrogens is 1. The first-order valence-corrected chi connectivity index (χ1v) is 5.44. The number of nitrogens with zero attached hydrogens (tertiary/aromatic N) is 2. The minimum atomic E-state index is -0.552. The van der Waals surface area contributed by atoms with E-state index in [1.807, 2.05) is 0 Å². The molecule has 1 aromatic rings. The number of carbonyl (C=O) groups excluding carboxylic acids is 1. The zero-order valence-electron chi connectivity index (χ0n) is 9.26. The fourth-order valence-electron chi connectivity index (χ4n) is 1.99. The molecule has 0 saturated carbocycles. The Morgan fingerprint density at radius 3 is 2.94 bits per heavy atom. The molecular formula is C10H14N4O3. The van der Waals surface area contributed by atoms with Gasteiger partial charge in [-0.2, -0.15) is 0 Å². The second-order valence-electron chi connectivity index (χ2n) is 4.16. The predicted molar refractivity (Wildman–Crippen MR) is 60.5 cm³/mol. The van der Waals surface area contributed by atoms with E-state index in [1.165, 1.54) is 12.1 Å². The van der Waals surface area contributed by atoms with Gasteiger partial charge >= 0.3 is 5.82 Å². The number of aromatic amines is 1. The van der Waals surface area contributed by atoms with E-state index in [9.17, 15) is 14.9 Å². The number of hydrogen-bond acceptors (Lipinski definition) is 4. The van der Waals surface area contributed by atoms with Crippen LogP contribution >= 0.6 is 0 Å². The highest BCUT2D eigenvalue weighted by Gasteiger charge is 2.28. The highest BCUT2D eigenvalue weighted by Crippen LogP contribution is 2.18. The van der Waals surface area contributed by atoms with Crippen LogP contribution in [0.2, 0.25) is 0 Å². The summed E-state index contributed by atoms with van der Waals surface area (Å²) in [6, 6.07) is 2.74. The Balaban J connectivity index is 2.07. The standard InChI is InChI=1S/C10H14N4O3/c11-5-7-3-4-13(6-7)10(15)8-1-2-9(12-8)14(16)17/h1-2,7,12H,3-6,11H2. The normalized spacial score (nSPS) is 19.6. The molecule has 92 valence electrons. The van der Waals surface area contributed by atoms with Gasteiger partial charge in [-0.25, -0.2) is 4.98 Å².